The number of hydrogen-bond donors (Lipinski definition) is 1. The number of rotatable bonds is 5. The molecule has 1 saturated carbocycles. The molecule has 6 heteroatoms. The Morgan fingerprint density at radius 3 is 2.91 bits per heavy atom. The fourth-order valence-corrected chi connectivity index (χ4v) is 2.99. The summed E-state index contributed by atoms with van der Waals surface area (Å²) in [5.74, 6) is -0.301. The highest BCUT2D eigenvalue weighted by Crippen LogP contribution is 2.39. The highest BCUT2D eigenvalue weighted by Gasteiger charge is 2.32. The van der Waals surface area contributed by atoms with Crippen LogP contribution >= 0.6 is 11.6 Å². The molecular formula is C17H16ClN3O2. The maximum atomic E-state index is 12.4. The lowest BCUT2D eigenvalue weighted by Crippen LogP contribution is -2.21. The highest BCUT2D eigenvalue weighted by atomic mass is 35.5. The van der Waals surface area contributed by atoms with Gasteiger partial charge in [0.2, 0.25) is 0 Å². The van der Waals surface area contributed by atoms with E-state index in [0.717, 1.165) is 12.8 Å². The molecule has 1 aromatic heterocycles. The summed E-state index contributed by atoms with van der Waals surface area (Å²) in [6.07, 6.45) is 2.63. The summed E-state index contributed by atoms with van der Waals surface area (Å²) >= 11 is 5.93. The number of nitrogens with one attached hydrogen (secondary N) is 1. The van der Waals surface area contributed by atoms with E-state index in [0.29, 0.717) is 28.3 Å². The van der Waals surface area contributed by atoms with Gasteiger partial charge >= 0.3 is 0 Å². The number of hydrogen-bond acceptors (Lipinski definition) is 4. The molecule has 1 aromatic carbocycles. The molecule has 118 valence electrons. The summed E-state index contributed by atoms with van der Waals surface area (Å²) < 4.78 is 0. The van der Waals surface area contributed by atoms with E-state index in [2.05, 4.69) is 9.97 Å². The number of benzene rings is 1. The van der Waals surface area contributed by atoms with Gasteiger partial charge in [0.25, 0.3) is 5.56 Å². The molecule has 0 spiro atoms. The summed E-state index contributed by atoms with van der Waals surface area (Å²) in [7, 11) is 0. The Kier molecular flexibility index (Phi) is 4.18. The van der Waals surface area contributed by atoms with E-state index in [9.17, 15) is 14.9 Å². The topological polar surface area (TPSA) is 86.6 Å². The molecule has 0 bridgehead atoms. The minimum Gasteiger partial charge on any atom is -0.308 e. The molecule has 5 nitrogen and oxygen atoms in total. The predicted molar refractivity (Wildman–Crippen MR) is 87.2 cm³/mol. The maximum absolute atomic E-state index is 12.4. The van der Waals surface area contributed by atoms with E-state index in [1.54, 1.807) is 18.2 Å². The van der Waals surface area contributed by atoms with Gasteiger partial charge in [-0.1, -0.05) is 18.5 Å². The van der Waals surface area contributed by atoms with Gasteiger partial charge in [-0.25, -0.2) is 4.98 Å². The van der Waals surface area contributed by atoms with E-state index in [4.69, 9.17) is 11.6 Å². The molecule has 0 aliphatic heterocycles. The number of aromatic amines is 1. The van der Waals surface area contributed by atoms with Gasteiger partial charge in [-0.3, -0.25) is 9.59 Å². The monoisotopic (exact) mass is 329 g/mol. The molecule has 1 fully saturated rings. The van der Waals surface area contributed by atoms with Gasteiger partial charge in [-0.2, -0.15) is 5.26 Å². The van der Waals surface area contributed by atoms with Crippen molar-refractivity contribution in [3.63, 3.8) is 0 Å². The second kappa shape index (κ2) is 6.13. The van der Waals surface area contributed by atoms with Gasteiger partial charge in [-0.15, -0.1) is 0 Å². The predicted octanol–water partition coefficient (Wildman–Crippen LogP) is 3.19. The lowest BCUT2D eigenvalue weighted by Gasteiger charge is -2.12. The van der Waals surface area contributed by atoms with Crippen molar-refractivity contribution < 1.29 is 4.79 Å². The van der Waals surface area contributed by atoms with E-state index in [-0.39, 0.29) is 23.1 Å². The summed E-state index contributed by atoms with van der Waals surface area (Å²) in [4.78, 5) is 31.4. The molecule has 23 heavy (non-hydrogen) atoms. The maximum Gasteiger partial charge on any atom is 0.258 e. The number of aromatic nitrogens is 2. The van der Waals surface area contributed by atoms with Gasteiger partial charge in [0.05, 0.1) is 17.0 Å². The first-order valence-electron chi connectivity index (χ1n) is 7.61. The van der Waals surface area contributed by atoms with Gasteiger partial charge in [-0.05, 0) is 42.9 Å². The third kappa shape index (κ3) is 3.27. The molecule has 1 N–H and O–H groups in total. The van der Waals surface area contributed by atoms with Crippen LogP contribution < -0.4 is 5.56 Å². The summed E-state index contributed by atoms with van der Waals surface area (Å²) in [6, 6.07) is 6.71. The molecule has 1 aliphatic carbocycles. The second-order valence-corrected chi connectivity index (χ2v) is 6.60. The normalized spacial score (nSPS) is 16.7. The van der Waals surface area contributed by atoms with Crippen molar-refractivity contribution in [2.24, 2.45) is 11.8 Å². The smallest absolute Gasteiger partial charge is 0.258 e. The molecule has 0 amide bonds. The average Bonchev–Trinajstić information content (AvgIpc) is 3.32. The SMILES string of the molecule is C[C@H](CC(=O)[C@@H](C#N)c1nc2cc(Cl)ccc2c(=O)[nH]1)C1CC1. The van der Waals surface area contributed by atoms with Gasteiger partial charge in [0, 0.05) is 11.4 Å². The lowest BCUT2D eigenvalue weighted by atomic mass is 9.92. The van der Waals surface area contributed by atoms with Gasteiger partial charge in [0.15, 0.2) is 11.7 Å². The van der Waals surface area contributed by atoms with E-state index < -0.39 is 5.92 Å². The van der Waals surface area contributed by atoms with E-state index in [1.807, 2.05) is 13.0 Å². The first-order valence-corrected chi connectivity index (χ1v) is 7.99. The van der Waals surface area contributed by atoms with Crippen LogP contribution in [0.3, 0.4) is 0 Å². The van der Waals surface area contributed by atoms with E-state index in [1.165, 1.54) is 0 Å². The molecule has 1 aliphatic rings. The van der Waals surface area contributed by atoms with Gasteiger partial charge < -0.3 is 4.98 Å². The number of carbonyl (C=O) groups excluding carboxylic acids is 1. The quantitative estimate of drug-likeness (QED) is 0.912. The van der Waals surface area contributed by atoms with E-state index >= 15 is 0 Å². The summed E-state index contributed by atoms with van der Waals surface area (Å²) in [5, 5.41) is 10.2. The van der Waals surface area contributed by atoms with Crippen LogP contribution in [0.5, 0.6) is 0 Å². The molecule has 3 rings (SSSR count). The number of fused-ring (bicyclic) bond motifs is 1. The van der Waals surface area contributed by atoms with Crippen molar-refractivity contribution in [3.8, 4) is 6.07 Å². The number of Topliss-reactive ketones (excluding diaryl/α,β-unsaturated/α-hetero) is 1. The number of nitriles is 1. The van der Waals surface area contributed by atoms with Crippen molar-refractivity contribution in [3.05, 3.63) is 39.4 Å². The standard InChI is InChI=1S/C17H16ClN3O2/c1-9(10-2-3-10)6-15(22)13(8-19)16-20-14-7-11(18)4-5-12(14)17(23)21-16/h4-5,7,9-10,13H,2-3,6H2,1H3,(H,20,21,23)/t9-,13-/m1/s1. The Bertz CT molecular complexity index is 864. The Balaban J connectivity index is 1.94. The Labute approximate surface area is 138 Å². The summed E-state index contributed by atoms with van der Waals surface area (Å²) in [5.41, 5.74) is 0.0181. The van der Waals surface area contributed by atoms with Crippen LogP contribution in [0.1, 0.15) is 37.9 Å². The Morgan fingerprint density at radius 1 is 1.52 bits per heavy atom. The molecular weight excluding hydrogens is 314 g/mol. The zero-order chi connectivity index (χ0) is 16.6. The average molecular weight is 330 g/mol. The molecule has 0 saturated heterocycles. The zero-order valence-electron chi connectivity index (χ0n) is 12.7. The number of H-pyrrole nitrogens is 1. The number of carbonyl (C=O) groups is 1. The molecule has 0 radical (unpaired) electrons. The van der Waals surface area contributed by atoms with Crippen LogP contribution in [0.15, 0.2) is 23.0 Å². The third-order valence-corrected chi connectivity index (χ3v) is 4.60. The van der Waals surface area contributed by atoms with Crippen LogP contribution in [0.25, 0.3) is 10.9 Å². The number of halogens is 1. The van der Waals surface area contributed by atoms with Crippen LogP contribution in [0.4, 0.5) is 0 Å². The minimum absolute atomic E-state index is 0.0975. The Morgan fingerprint density at radius 2 is 2.26 bits per heavy atom. The van der Waals surface area contributed by atoms with Crippen molar-refractivity contribution >= 4 is 28.3 Å². The zero-order valence-corrected chi connectivity index (χ0v) is 13.4. The van der Waals surface area contributed by atoms with Crippen molar-refractivity contribution in [1.82, 2.24) is 9.97 Å². The van der Waals surface area contributed by atoms with Crippen LogP contribution in [-0.4, -0.2) is 15.8 Å². The lowest BCUT2D eigenvalue weighted by molar-refractivity contribution is -0.120. The second-order valence-electron chi connectivity index (χ2n) is 6.16. The number of nitrogens with zero attached hydrogens (tertiary/aromatic N) is 2. The molecule has 2 atom stereocenters. The fraction of sp³-hybridized carbons (Fsp3) is 0.412. The fourth-order valence-electron chi connectivity index (χ4n) is 2.82. The number of ketones is 1. The Hall–Kier alpha value is -2.19. The highest BCUT2D eigenvalue weighted by molar-refractivity contribution is 6.31. The van der Waals surface area contributed by atoms with Crippen LogP contribution in [-0.2, 0) is 4.79 Å². The van der Waals surface area contributed by atoms with Gasteiger partial charge in [0.1, 0.15) is 5.82 Å². The largest absolute Gasteiger partial charge is 0.308 e. The first kappa shape index (κ1) is 15.7. The van der Waals surface area contributed by atoms with Crippen molar-refractivity contribution in [2.45, 2.75) is 32.1 Å². The van der Waals surface area contributed by atoms with Crippen LogP contribution in [0, 0.1) is 23.2 Å². The van der Waals surface area contributed by atoms with Crippen molar-refractivity contribution in [1.29, 1.82) is 5.26 Å². The molecule has 0 unspecified atom stereocenters. The minimum atomic E-state index is -1.05. The first-order chi connectivity index (χ1) is 11.0. The summed E-state index contributed by atoms with van der Waals surface area (Å²) in [6.45, 7) is 2.03. The molecule has 2 aromatic rings. The molecule has 1 heterocycles. The van der Waals surface area contributed by atoms with Crippen LogP contribution in [0.2, 0.25) is 5.02 Å². The van der Waals surface area contributed by atoms with Crippen molar-refractivity contribution in [2.75, 3.05) is 0 Å². The third-order valence-electron chi connectivity index (χ3n) is 4.36.